The van der Waals surface area contributed by atoms with Gasteiger partial charge in [-0.2, -0.15) is 0 Å². The Hall–Kier alpha value is -4.36. The number of anilines is 3. The maximum atomic E-state index is 12.4. The number of pyridine rings is 1. The topological polar surface area (TPSA) is 149 Å². The van der Waals surface area contributed by atoms with Crippen LogP contribution >= 0.6 is 0 Å². The van der Waals surface area contributed by atoms with Gasteiger partial charge in [-0.25, -0.2) is 4.98 Å². The molecule has 0 spiro atoms. The minimum Gasteiger partial charge on any atom is -0.481 e. The highest BCUT2D eigenvalue weighted by Crippen LogP contribution is 2.28. The van der Waals surface area contributed by atoms with E-state index in [0.717, 1.165) is 12.1 Å². The summed E-state index contributed by atoms with van der Waals surface area (Å²) in [4.78, 5) is 27.6. The first-order valence-corrected chi connectivity index (χ1v) is 10.8. The predicted octanol–water partition coefficient (Wildman–Crippen LogP) is 4.38. The van der Waals surface area contributed by atoms with Gasteiger partial charge in [-0.1, -0.05) is 5.10 Å². The predicted molar refractivity (Wildman–Crippen MR) is 117 cm³/mol. The monoisotopic (exact) mass is 507 g/mol. The average molecular weight is 507 g/mol. The normalized spacial score (nSPS) is 17.8. The maximum absolute atomic E-state index is 12.4. The minimum absolute atomic E-state index is 0.119. The van der Waals surface area contributed by atoms with E-state index in [1.807, 2.05) is 0 Å². The Morgan fingerprint density at radius 3 is 2.31 bits per heavy atom. The first kappa shape index (κ1) is 24.8. The SMILES string of the molecule is O=C(Nc1ccc(OC2CCC(C(=O)O)CC2)nc1)c1nnc(Nc2ccc(OC(F)(F)F)cc2)o1. The van der Waals surface area contributed by atoms with Crippen LogP contribution in [0, 0.1) is 5.92 Å². The van der Waals surface area contributed by atoms with Gasteiger partial charge in [0.15, 0.2) is 0 Å². The molecule has 1 aliphatic rings. The molecule has 190 valence electrons. The fourth-order valence-electron chi connectivity index (χ4n) is 3.54. The molecule has 1 saturated carbocycles. The third-order valence-corrected chi connectivity index (χ3v) is 5.26. The van der Waals surface area contributed by atoms with Gasteiger partial charge in [0.25, 0.3) is 0 Å². The van der Waals surface area contributed by atoms with Crippen molar-refractivity contribution in [3.8, 4) is 11.6 Å². The van der Waals surface area contributed by atoms with Gasteiger partial charge in [0.1, 0.15) is 11.9 Å². The molecule has 0 atom stereocenters. The standard InChI is InChI=1S/C22H20F3N5O6/c23-22(24,25)36-16-8-3-13(4-9-16)28-21-30-29-19(35-21)18(31)27-14-5-10-17(26-11-14)34-15-6-1-12(2-7-15)20(32)33/h3-5,8-12,15H,1-2,6-7H2,(H,27,31)(H,28,30)(H,32,33). The van der Waals surface area contributed by atoms with Crippen LogP contribution in [0.1, 0.15) is 36.4 Å². The van der Waals surface area contributed by atoms with Crippen LogP contribution < -0.4 is 20.1 Å². The van der Waals surface area contributed by atoms with E-state index in [4.69, 9.17) is 14.3 Å². The van der Waals surface area contributed by atoms with Gasteiger partial charge in [0, 0.05) is 11.8 Å². The lowest BCUT2D eigenvalue weighted by molar-refractivity contribution is -0.274. The van der Waals surface area contributed by atoms with Gasteiger partial charge in [-0.3, -0.25) is 9.59 Å². The molecule has 36 heavy (non-hydrogen) atoms. The number of rotatable bonds is 8. The molecule has 2 aromatic heterocycles. The van der Waals surface area contributed by atoms with Gasteiger partial charge < -0.3 is 29.6 Å². The smallest absolute Gasteiger partial charge is 0.481 e. The summed E-state index contributed by atoms with van der Waals surface area (Å²) in [5.74, 6) is -2.23. The number of aromatic nitrogens is 3. The van der Waals surface area contributed by atoms with Crippen molar-refractivity contribution in [3.05, 3.63) is 48.5 Å². The summed E-state index contributed by atoms with van der Waals surface area (Å²) in [5, 5.41) is 21.6. The molecule has 3 N–H and O–H groups in total. The van der Waals surface area contributed by atoms with E-state index in [0.29, 0.717) is 42.9 Å². The number of alkyl halides is 3. The van der Waals surface area contributed by atoms with Gasteiger partial charge in [0.05, 0.1) is 17.8 Å². The lowest BCUT2D eigenvalue weighted by atomic mass is 9.87. The number of ether oxygens (including phenoxy) is 2. The van der Waals surface area contributed by atoms with E-state index in [-0.39, 0.29) is 23.9 Å². The molecule has 2 heterocycles. The van der Waals surface area contributed by atoms with Crippen LogP contribution in [0.5, 0.6) is 11.6 Å². The van der Waals surface area contributed by atoms with Crippen LogP contribution in [0.2, 0.25) is 0 Å². The minimum atomic E-state index is -4.80. The molecule has 1 fully saturated rings. The number of benzene rings is 1. The number of carboxylic acid groups (broad SMARTS) is 1. The zero-order valence-corrected chi connectivity index (χ0v) is 18.5. The van der Waals surface area contributed by atoms with Gasteiger partial charge in [-0.05, 0) is 56.0 Å². The van der Waals surface area contributed by atoms with Gasteiger partial charge in [-0.15, -0.1) is 18.3 Å². The lowest BCUT2D eigenvalue weighted by Crippen LogP contribution is -2.28. The second kappa shape index (κ2) is 10.5. The second-order valence-electron chi connectivity index (χ2n) is 7.88. The molecule has 0 unspecified atom stereocenters. The number of carboxylic acids is 1. The van der Waals surface area contributed by atoms with Crippen molar-refractivity contribution in [2.75, 3.05) is 10.6 Å². The highest BCUT2D eigenvalue weighted by Gasteiger charge is 2.31. The van der Waals surface area contributed by atoms with Crippen molar-refractivity contribution in [1.82, 2.24) is 15.2 Å². The lowest BCUT2D eigenvalue weighted by Gasteiger charge is -2.26. The number of nitrogens with one attached hydrogen (secondary N) is 2. The number of hydrogen-bond donors (Lipinski definition) is 3. The molecule has 1 aromatic carbocycles. The van der Waals surface area contributed by atoms with Gasteiger partial charge in [0.2, 0.25) is 5.88 Å². The number of halogens is 3. The molecular weight excluding hydrogens is 487 g/mol. The average Bonchev–Trinajstić information content (AvgIpc) is 3.30. The van der Waals surface area contributed by atoms with Crippen molar-refractivity contribution in [2.24, 2.45) is 5.92 Å². The van der Waals surface area contributed by atoms with Crippen molar-refractivity contribution >= 4 is 29.3 Å². The molecule has 1 aliphatic carbocycles. The molecule has 0 aliphatic heterocycles. The maximum Gasteiger partial charge on any atom is 0.573 e. The van der Waals surface area contributed by atoms with E-state index in [1.54, 1.807) is 12.1 Å². The Morgan fingerprint density at radius 2 is 1.69 bits per heavy atom. The number of hydrogen-bond acceptors (Lipinski definition) is 9. The Bertz CT molecular complexity index is 1190. The molecular formula is C22H20F3N5O6. The summed E-state index contributed by atoms with van der Waals surface area (Å²) >= 11 is 0. The summed E-state index contributed by atoms with van der Waals surface area (Å²) in [6, 6.07) is 7.80. The van der Waals surface area contributed by atoms with E-state index < -0.39 is 24.0 Å². The first-order chi connectivity index (χ1) is 17.1. The fraction of sp³-hybridized carbons (Fsp3) is 0.318. The van der Waals surface area contributed by atoms with E-state index in [1.165, 1.54) is 18.3 Å². The van der Waals surface area contributed by atoms with Crippen LogP contribution in [0.4, 0.5) is 30.6 Å². The van der Waals surface area contributed by atoms with Crippen LogP contribution in [0.3, 0.4) is 0 Å². The summed E-state index contributed by atoms with van der Waals surface area (Å²) in [7, 11) is 0. The molecule has 3 aromatic rings. The van der Waals surface area contributed by atoms with Crippen molar-refractivity contribution in [3.63, 3.8) is 0 Å². The fourth-order valence-corrected chi connectivity index (χ4v) is 3.54. The second-order valence-corrected chi connectivity index (χ2v) is 7.88. The summed E-state index contributed by atoms with van der Waals surface area (Å²) in [6.45, 7) is 0. The van der Waals surface area contributed by atoms with Crippen molar-refractivity contribution in [2.45, 2.75) is 38.1 Å². The van der Waals surface area contributed by atoms with Crippen LogP contribution in [0.25, 0.3) is 0 Å². The Balaban J connectivity index is 1.27. The van der Waals surface area contributed by atoms with Crippen molar-refractivity contribution < 1.29 is 41.8 Å². The van der Waals surface area contributed by atoms with E-state index in [9.17, 15) is 22.8 Å². The number of aliphatic carboxylic acids is 1. The number of carbonyl (C=O) groups excluding carboxylic acids is 1. The van der Waals surface area contributed by atoms with E-state index >= 15 is 0 Å². The molecule has 4 rings (SSSR count). The first-order valence-electron chi connectivity index (χ1n) is 10.8. The van der Waals surface area contributed by atoms with Crippen LogP contribution in [0.15, 0.2) is 47.0 Å². The molecule has 11 nitrogen and oxygen atoms in total. The van der Waals surface area contributed by atoms with Crippen LogP contribution in [-0.2, 0) is 4.79 Å². The largest absolute Gasteiger partial charge is 0.573 e. The Kier molecular flexibility index (Phi) is 7.22. The molecule has 14 heteroatoms. The summed E-state index contributed by atoms with van der Waals surface area (Å²) in [5.41, 5.74) is 0.672. The third kappa shape index (κ3) is 6.84. The zero-order chi connectivity index (χ0) is 25.7. The summed E-state index contributed by atoms with van der Waals surface area (Å²) < 4.78 is 51.5. The van der Waals surface area contributed by atoms with Crippen molar-refractivity contribution in [1.29, 1.82) is 0 Å². The summed E-state index contributed by atoms with van der Waals surface area (Å²) in [6.07, 6.45) is -1.19. The zero-order valence-electron chi connectivity index (χ0n) is 18.5. The molecule has 1 amide bonds. The Labute approximate surface area is 201 Å². The highest BCUT2D eigenvalue weighted by atomic mass is 19.4. The quantitative estimate of drug-likeness (QED) is 0.401. The van der Waals surface area contributed by atoms with Crippen LogP contribution in [-0.4, -0.2) is 44.6 Å². The third-order valence-electron chi connectivity index (χ3n) is 5.26. The number of amides is 1. The number of carbonyl (C=O) groups is 2. The highest BCUT2D eigenvalue weighted by molar-refractivity contribution is 6.00. The molecule has 0 saturated heterocycles. The molecule has 0 bridgehead atoms. The Morgan fingerprint density at radius 1 is 1.00 bits per heavy atom. The van der Waals surface area contributed by atoms with Gasteiger partial charge >= 0.3 is 30.1 Å². The van der Waals surface area contributed by atoms with E-state index in [2.05, 4.69) is 30.6 Å². The molecule has 0 radical (unpaired) electrons. The number of nitrogens with zero attached hydrogens (tertiary/aromatic N) is 3.